The number of benzene rings is 1. The Hall–Kier alpha value is -2.25. The molecule has 1 unspecified atom stereocenters. The third-order valence-electron chi connectivity index (χ3n) is 5.14. The second kappa shape index (κ2) is 9.71. The summed E-state index contributed by atoms with van der Waals surface area (Å²) in [6.07, 6.45) is 0.226. The van der Waals surface area contributed by atoms with Crippen molar-refractivity contribution in [1.29, 1.82) is 0 Å². The summed E-state index contributed by atoms with van der Waals surface area (Å²) in [5.41, 5.74) is 2.62. The molecule has 8 heteroatoms. The standard InChI is InChI=1S/C22H26ClN3O3S/c1-5-25(6-2)18(27)12-15-13-30-22-24-14(4)19(21(28)29-7-3)20(26(15)22)16-10-8-9-11-17(16)23/h8-11,13,20H,5-7,12H2,1-4H3. The first-order valence-electron chi connectivity index (χ1n) is 10.1. The molecular weight excluding hydrogens is 422 g/mol. The number of carbonyl (C=O) groups excluding carboxylic acids is 2. The van der Waals surface area contributed by atoms with Crippen LogP contribution in [0.25, 0.3) is 0 Å². The summed E-state index contributed by atoms with van der Waals surface area (Å²) < 4.78 is 5.34. The number of rotatable bonds is 7. The minimum absolute atomic E-state index is 0.0370. The lowest BCUT2D eigenvalue weighted by molar-refractivity contribution is -0.139. The molecule has 0 spiro atoms. The van der Waals surface area contributed by atoms with Crippen molar-refractivity contribution < 1.29 is 14.3 Å². The second-order valence-corrected chi connectivity index (χ2v) is 8.12. The SMILES string of the molecule is CCOC(=O)C1=C(C)N=C2SC=C(CC(=O)N(CC)CC)N2C1c1ccccc1Cl. The minimum Gasteiger partial charge on any atom is -0.463 e. The van der Waals surface area contributed by atoms with E-state index in [1.54, 1.807) is 24.8 Å². The van der Waals surface area contributed by atoms with Gasteiger partial charge in [0, 0.05) is 23.8 Å². The molecule has 0 N–H and O–H groups in total. The summed E-state index contributed by atoms with van der Waals surface area (Å²) in [6, 6.07) is 6.93. The first-order valence-corrected chi connectivity index (χ1v) is 11.3. The zero-order valence-corrected chi connectivity index (χ0v) is 19.2. The maximum atomic E-state index is 12.9. The number of thioether (sulfide) groups is 1. The highest BCUT2D eigenvalue weighted by Crippen LogP contribution is 2.46. The van der Waals surface area contributed by atoms with E-state index in [9.17, 15) is 9.59 Å². The van der Waals surface area contributed by atoms with Crippen LogP contribution in [0.3, 0.4) is 0 Å². The van der Waals surface area contributed by atoms with Crippen molar-refractivity contribution in [3.63, 3.8) is 0 Å². The fourth-order valence-corrected chi connectivity index (χ4v) is 4.88. The molecule has 160 valence electrons. The second-order valence-electron chi connectivity index (χ2n) is 6.88. The van der Waals surface area contributed by atoms with Crippen LogP contribution in [0.5, 0.6) is 0 Å². The normalized spacial score (nSPS) is 18.0. The molecular formula is C22H26ClN3O3S. The molecule has 0 bridgehead atoms. The lowest BCUT2D eigenvalue weighted by Crippen LogP contribution is -2.39. The summed E-state index contributed by atoms with van der Waals surface area (Å²) in [5, 5.41) is 3.21. The molecule has 2 aliphatic heterocycles. The summed E-state index contributed by atoms with van der Waals surface area (Å²) in [7, 11) is 0. The molecule has 30 heavy (non-hydrogen) atoms. The molecule has 0 radical (unpaired) electrons. The number of fused-ring (bicyclic) bond motifs is 1. The van der Waals surface area contributed by atoms with Crippen LogP contribution in [-0.2, 0) is 14.3 Å². The van der Waals surface area contributed by atoms with Gasteiger partial charge < -0.3 is 14.5 Å². The molecule has 3 rings (SSSR count). The zero-order chi connectivity index (χ0) is 21.8. The molecule has 1 amide bonds. The van der Waals surface area contributed by atoms with Crippen LogP contribution in [0.2, 0.25) is 5.02 Å². The van der Waals surface area contributed by atoms with Crippen molar-refractivity contribution in [1.82, 2.24) is 9.80 Å². The van der Waals surface area contributed by atoms with Crippen LogP contribution in [-0.4, -0.2) is 46.5 Å². The Kier molecular flexibility index (Phi) is 7.26. The van der Waals surface area contributed by atoms with Gasteiger partial charge in [-0.3, -0.25) is 4.79 Å². The maximum Gasteiger partial charge on any atom is 0.338 e. The Morgan fingerprint density at radius 1 is 1.23 bits per heavy atom. The third-order valence-corrected chi connectivity index (χ3v) is 6.38. The van der Waals surface area contributed by atoms with E-state index in [2.05, 4.69) is 4.99 Å². The van der Waals surface area contributed by atoms with Crippen molar-refractivity contribution in [2.75, 3.05) is 19.7 Å². The van der Waals surface area contributed by atoms with Gasteiger partial charge in [0.25, 0.3) is 0 Å². The van der Waals surface area contributed by atoms with Crippen molar-refractivity contribution in [2.24, 2.45) is 4.99 Å². The van der Waals surface area contributed by atoms with E-state index in [0.29, 0.717) is 29.4 Å². The molecule has 0 fully saturated rings. The predicted octanol–water partition coefficient (Wildman–Crippen LogP) is 4.74. The van der Waals surface area contributed by atoms with E-state index in [4.69, 9.17) is 16.3 Å². The quantitative estimate of drug-likeness (QED) is 0.565. The number of halogens is 1. The molecule has 1 aromatic carbocycles. The van der Waals surface area contributed by atoms with Gasteiger partial charge in [-0.2, -0.15) is 0 Å². The zero-order valence-electron chi connectivity index (χ0n) is 17.6. The summed E-state index contributed by atoms with van der Waals surface area (Å²) in [5.74, 6) is -0.385. The van der Waals surface area contributed by atoms with Crippen LogP contribution in [0, 0.1) is 0 Å². The number of nitrogens with zero attached hydrogens (tertiary/aromatic N) is 3. The largest absolute Gasteiger partial charge is 0.463 e. The predicted molar refractivity (Wildman–Crippen MR) is 121 cm³/mol. The lowest BCUT2D eigenvalue weighted by Gasteiger charge is -2.37. The molecule has 0 aliphatic carbocycles. The number of allylic oxidation sites excluding steroid dienone is 1. The number of carbonyl (C=O) groups is 2. The van der Waals surface area contributed by atoms with Gasteiger partial charge in [0.1, 0.15) is 0 Å². The fourth-order valence-electron chi connectivity index (χ4n) is 3.67. The van der Waals surface area contributed by atoms with Crippen molar-refractivity contribution in [2.45, 2.75) is 40.2 Å². The monoisotopic (exact) mass is 447 g/mol. The highest BCUT2D eigenvalue weighted by molar-refractivity contribution is 8.16. The molecule has 2 heterocycles. The van der Waals surface area contributed by atoms with E-state index in [-0.39, 0.29) is 18.9 Å². The average molecular weight is 448 g/mol. The van der Waals surface area contributed by atoms with Gasteiger partial charge in [-0.15, -0.1) is 0 Å². The maximum absolute atomic E-state index is 12.9. The summed E-state index contributed by atoms with van der Waals surface area (Å²) in [4.78, 5) is 34.1. The Bertz CT molecular complexity index is 937. The average Bonchev–Trinajstić information content (AvgIpc) is 3.10. The van der Waals surface area contributed by atoms with Gasteiger partial charge in [0.05, 0.1) is 30.3 Å². The van der Waals surface area contributed by atoms with Gasteiger partial charge in [-0.25, -0.2) is 9.79 Å². The first kappa shape index (κ1) is 22.4. The molecule has 1 atom stereocenters. The van der Waals surface area contributed by atoms with E-state index in [1.807, 2.05) is 42.4 Å². The van der Waals surface area contributed by atoms with Gasteiger partial charge >= 0.3 is 5.97 Å². The van der Waals surface area contributed by atoms with Crippen LogP contribution < -0.4 is 0 Å². The fraction of sp³-hybridized carbons (Fsp3) is 0.409. The Labute approximate surface area is 186 Å². The van der Waals surface area contributed by atoms with E-state index >= 15 is 0 Å². The molecule has 0 aromatic heterocycles. The van der Waals surface area contributed by atoms with Crippen molar-refractivity contribution >= 4 is 40.4 Å². The Balaban J connectivity index is 2.06. The number of hydrogen-bond donors (Lipinski definition) is 0. The highest BCUT2D eigenvalue weighted by Gasteiger charge is 2.42. The lowest BCUT2D eigenvalue weighted by atomic mass is 9.93. The Morgan fingerprint density at radius 2 is 1.93 bits per heavy atom. The van der Waals surface area contributed by atoms with E-state index < -0.39 is 12.0 Å². The highest BCUT2D eigenvalue weighted by atomic mass is 35.5. The van der Waals surface area contributed by atoms with Crippen LogP contribution in [0.15, 0.2) is 51.6 Å². The van der Waals surface area contributed by atoms with Gasteiger partial charge in [-0.1, -0.05) is 41.6 Å². The number of amides is 1. The van der Waals surface area contributed by atoms with E-state index in [0.717, 1.165) is 16.4 Å². The van der Waals surface area contributed by atoms with Crippen LogP contribution in [0.4, 0.5) is 0 Å². The number of amidine groups is 1. The third kappa shape index (κ3) is 4.27. The molecule has 2 aliphatic rings. The van der Waals surface area contributed by atoms with Gasteiger partial charge in [0.2, 0.25) is 5.91 Å². The molecule has 6 nitrogen and oxygen atoms in total. The van der Waals surface area contributed by atoms with Gasteiger partial charge in [-0.05, 0) is 44.7 Å². The topological polar surface area (TPSA) is 62.2 Å². The van der Waals surface area contributed by atoms with Crippen LogP contribution >= 0.6 is 23.4 Å². The summed E-state index contributed by atoms with van der Waals surface area (Å²) >= 11 is 8.00. The minimum atomic E-state index is -0.504. The molecule has 0 saturated heterocycles. The van der Waals surface area contributed by atoms with Gasteiger partial charge in [0.15, 0.2) is 5.17 Å². The summed E-state index contributed by atoms with van der Waals surface area (Å²) in [6.45, 7) is 9.07. The Morgan fingerprint density at radius 3 is 2.57 bits per heavy atom. The number of esters is 1. The van der Waals surface area contributed by atoms with E-state index in [1.165, 1.54) is 11.8 Å². The first-order chi connectivity index (χ1) is 14.4. The number of hydrogen-bond acceptors (Lipinski definition) is 6. The number of aliphatic imine (C=N–C) groups is 1. The smallest absolute Gasteiger partial charge is 0.338 e. The van der Waals surface area contributed by atoms with Crippen molar-refractivity contribution in [3.8, 4) is 0 Å². The van der Waals surface area contributed by atoms with Crippen LogP contribution in [0.1, 0.15) is 45.7 Å². The molecule has 1 aromatic rings. The number of ether oxygens (including phenoxy) is 1. The van der Waals surface area contributed by atoms with Crippen molar-refractivity contribution in [3.05, 3.63) is 57.2 Å². The molecule has 0 saturated carbocycles.